The molecule has 6 aromatic rings. The summed E-state index contributed by atoms with van der Waals surface area (Å²) in [6, 6.07) is 29.8. The highest BCUT2D eigenvalue weighted by Crippen LogP contribution is 2.45. The molecule has 2 heterocycles. The third kappa shape index (κ3) is 3.21. The summed E-state index contributed by atoms with van der Waals surface area (Å²) in [6.45, 7) is 4.32. The number of aromatic nitrogens is 2. The largest absolute Gasteiger partial charge is 0.489 e. The Hall–Kier alpha value is -4.24. The molecular weight excluding hydrogens is 404 g/mol. The molecule has 3 heteroatoms. The lowest BCUT2D eigenvalue weighted by Crippen LogP contribution is -2.07. The van der Waals surface area contributed by atoms with Crippen molar-refractivity contribution in [1.82, 2.24) is 9.97 Å². The number of nitrogens with one attached hydrogen (secondary N) is 2. The molecular formula is C30H24N2O. The summed E-state index contributed by atoms with van der Waals surface area (Å²) in [5, 5.41) is 4.83. The molecule has 0 saturated carbocycles. The summed E-state index contributed by atoms with van der Waals surface area (Å²) >= 11 is 0. The second-order valence-electron chi connectivity index (χ2n) is 8.31. The highest BCUT2D eigenvalue weighted by molar-refractivity contribution is 5.94. The van der Waals surface area contributed by atoms with E-state index in [-0.39, 0.29) is 5.92 Å². The molecule has 0 saturated heterocycles. The van der Waals surface area contributed by atoms with Crippen molar-refractivity contribution in [2.75, 3.05) is 6.61 Å². The van der Waals surface area contributed by atoms with Crippen LogP contribution < -0.4 is 4.74 Å². The van der Waals surface area contributed by atoms with E-state index in [0.717, 1.165) is 16.8 Å². The average molecular weight is 429 g/mol. The van der Waals surface area contributed by atoms with Gasteiger partial charge in [0.2, 0.25) is 0 Å². The fraction of sp³-hybridized carbons (Fsp3) is 0.0667. The maximum absolute atomic E-state index is 6.26. The Labute approximate surface area is 192 Å². The minimum atomic E-state index is -0.0248. The predicted molar refractivity (Wildman–Crippen MR) is 137 cm³/mol. The van der Waals surface area contributed by atoms with Crippen molar-refractivity contribution in [3.8, 4) is 5.75 Å². The Morgan fingerprint density at radius 3 is 1.91 bits per heavy atom. The lowest BCUT2D eigenvalue weighted by molar-refractivity contribution is 0.359. The van der Waals surface area contributed by atoms with Crippen LogP contribution in [0.2, 0.25) is 0 Å². The first-order chi connectivity index (χ1) is 16.3. The first kappa shape index (κ1) is 19.4. The first-order valence-corrected chi connectivity index (χ1v) is 11.2. The van der Waals surface area contributed by atoms with Crippen LogP contribution >= 0.6 is 0 Å². The summed E-state index contributed by atoms with van der Waals surface area (Å²) in [7, 11) is 0. The summed E-state index contributed by atoms with van der Waals surface area (Å²) in [4.78, 5) is 6.98. The smallest absolute Gasteiger partial charge is 0.124 e. The molecule has 0 aliphatic carbocycles. The second-order valence-corrected chi connectivity index (χ2v) is 8.31. The molecule has 2 aromatic heterocycles. The van der Waals surface area contributed by atoms with E-state index in [4.69, 9.17) is 4.74 Å². The fourth-order valence-electron chi connectivity index (χ4n) is 4.99. The van der Waals surface area contributed by atoms with E-state index in [1.807, 2.05) is 0 Å². The van der Waals surface area contributed by atoms with Gasteiger partial charge in [0.15, 0.2) is 0 Å². The van der Waals surface area contributed by atoms with E-state index in [0.29, 0.717) is 6.61 Å². The predicted octanol–water partition coefficient (Wildman–Crippen LogP) is 7.55. The van der Waals surface area contributed by atoms with Crippen LogP contribution in [0.1, 0.15) is 22.6 Å². The second kappa shape index (κ2) is 8.03. The van der Waals surface area contributed by atoms with Gasteiger partial charge in [-0.15, -0.1) is 0 Å². The Balaban J connectivity index is 1.72. The monoisotopic (exact) mass is 428 g/mol. The first-order valence-electron chi connectivity index (χ1n) is 11.2. The number of ether oxygens (including phenoxy) is 1. The van der Waals surface area contributed by atoms with Crippen LogP contribution in [0.4, 0.5) is 0 Å². The van der Waals surface area contributed by atoms with Gasteiger partial charge in [0, 0.05) is 45.7 Å². The molecule has 33 heavy (non-hydrogen) atoms. The van der Waals surface area contributed by atoms with Crippen molar-refractivity contribution in [1.29, 1.82) is 0 Å². The molecule has 4 aromatic carbocycles. The molecule has 0 radical (unpaired) electrons. The lowest BCUT2D eigenvalue weighted by atomic mass is 9.82. The van der Waals surface area contributed by atoms with E-state index in [1.54, 1.807) is 6.08 Å². The summed E-state index contributed by atoms with van der Waals surface area (Å²) in [6.07, 6.45) is 6.09. The highest BCUT2D eigenvalue weighted by Gasteiger charge is 2.27. The fourth-order valence-corrected chi connectivity index (χ4v) is 4.99. The number of hydrogen-bond acceptors (Lipinski definition) is 1. The van der Waals surface area contributed by atoms with E-state index in [1.165, 1.54) is 38.2 Å². The van der Waals surface area contributed by atoms with Crippen molar-refractivity contribution in [3.63, 3.8) is 0 Å². The van der Waals surface area contributed by atoms with Crippen LogP contribution in [0.15, 0.2) is 110 Å². The summed E-state index contributed by atoms with van der Waals surface area (Å²) in [5.74, 6) is 0.859. The number of para-hydroxylation sites is 2. The Morgan fingerprint density at radius 1 is 0.697 bits per heavy atom. The quantitative estimate of drug-likeness (QED) is 0.264. The van der Waals surface area contributed by atoms with Gasteiger partial charge >= 0.3 is 0 Å². The number of H-pyrrole nitrogens is 2. The van der Waals surface area contributed by atoms with Crippen molar-refractivity contribution < 1.29 is 4.74 Å². The molecule has 0 amide bonds. The maximum Gasteiger partial charge on any atom is 0.124 e. The minimum Gasteiger partial charge on any atom is -0.489 e. The van der Waals surface area contributed by atoms with Crippen LogP contribution in [0, 0.1) is 0 Å². The normalized spacial score (nSPS) is 11.5. The van der Waals surface area contributed by atoms with Crippen LogP contribution in [-0.2, 0) is 0 Å². The topological polar surface area (TPSA) is 40.8 Å². The Kier molecular flexibility index (Phi) is 4.73. The van der Waals surface area contributed by atoms with Gasteiger partial charge in [0.1, 0.15) is 12.4 Å². The van der Waals surface area contributed by atoms with Gasteiger partial charge in [-0.2, -0.15) is 0 Å². The third-order valence-electron chi connectivity index (χ3n) is 6.44. The zero-order chi connectivity index (χ0) is 22.2. The van der Waals surface area contributed by atoms with Gasteiger partial charge in [-0.05, 0) is 40.1 Å². The lowest BCUT2D eigenvalue weighted by Gasteiger charge is -2.23. The average Bonchev–Trinajstić information content (AvgIpc) is 3.49. The van der Waals surface area contributed by atoms with Gasteiger partial charge < -0.3 is 14.7 Å². The Bertz CT molecular complexity index is 1530. The van der Waals surface area contributed by atoms with Gasteiger partial charge in [-0.3, -0.25) is 0 Å². The zero-order valence-electron chi connectivity index (χ0n) is 18.2. The zero-order valence-corrected chi connectivity index (χ0v) is 18.2. The van der Waals surface area contributed by atoms with E-state index >= 15 is 0 Å². The highest BCUT2D eigenvalue weighted by atomic mass is 16.5. The Morgan fingerprint density at radius 2 is 1.27 bits per heavy atom. The minimum absolute atomic E-state index is 0.0248. The number of aromatic amines is 2. The number of hydrogen-bond donors (Lipinski definition) is 2. The number of benzene rings is 4. The van der Waals surface area contributed by atoms with Crippen LogP contribution in [0.25, 0.3) is 32.6 Å². The molecule has 0 aliphatic heterocycles. The van der Waals surface area contributed by atoms with Crippen LogP contribution in [0.5, 0.6) is 5.75 Å². The van der Waals surface area contributed by atoms with Crippen molar-refractivity contribution in [2.24, 2.45) is 0 Å². The molecule has 6 rings (SSSR count). The van der Waals surface area contributed by atoms with Crippen LogP contribution in [0.3, 0.4) is 0 Å². The molecule has 2 N–H and O–H groups in total. The molecule has 0 bridgehead atoms. The SMILES string of the molecule is C=CCOc1ccc2ccccc2c1C(c1c[nH]c2ccccc12)c1c[nH]c2ccccc12. The van der Waals surface area contributed by atoms with Gasteiger partial charge in [-0.1, -0.05) is 79.4 Å². The van der Waals surface area contributed by atoms with Gasteiger partial charge in [0.05, 0.1) is 0 Å². The van der Waals surface area contributed by atoms with E-state index in [2.05, 4.69) is 114 Å². The molecule has 0 unspecified atom stereocenters. The third-order valence-corrected chi connectivity index (χ3v) is 6.44. The van der Waals surface area contributed by atoms with E-state index < -0.39 is 0 Å². The molecule has 3 nitrogen and oxygen atoms in total. The molecule has 0 atom stereocenters. The van der Waals surface area contributed by atoms with E-state index in [9.17, 15) is 0 Å². The molecule has 0 spiro atoms. The molecule has 160 valence electrons. The van der Waals surface area contributed by atoms with Crippen LogP contribution in [-0.4, -0.2) is 16.6 Å². The maximum atomic E-state index is 6.26. The number of rotatable bonds is 6. The summed E-state index contributed by atoms with van der Waals surface area (Å²) < 4.78 is 6.26. The standard InChI is InChI=1S/C30H24N2O/c1-2-17-33-28-16-15-20-9-3-4-10-21(20)30(28)29(24-18-31-26-13-7-5-11-22(24)26)25-19-32-27-14-8-6-12-23(25)27/h2-16,18-19,29,31-32H,1,17H2. The molecule has 0 aliphatic rings. The van der Waals surface area contributed by atoms with Crippen molar-refractivity contribution in [2.45, 2.75) is 5.92 Å². The van der Waals surface area contributed by atoms with Gasteiger partial charge in [0.25, 0.3) is 0 Å². The van der Waals surface area contributed by atoms with Gasteiger partial charge in [-0.25, -0.2) is 0 Å². The molecule has 0 fully saturated rings. The van der Waals surface area contributed by atoms with Crippen molar-refractivity contribution in [3.05, 3.63) is 127 Å². The summed E-state index contributed by atoms with van der Waals surface area (Å²) in [5.41, 5.74) is 5.90. The van der Waals surface area contributed by atoms with Crippen molar-refractivity contribution >= 4 is 32.6 Å². The number of fused-ring (bicyclic) bond motifs is 3.